The van der Waals surface area contributed by atoms with Crippen LogP contribution < -0.4 is 5.32 Å². The minimum atomic E-state index is -0.608. The summed E-state index contributed by atoms with van der Waals surface area (Å²) in [4.78, 5) is 29.0. The third-order valence-electron chi connectivity index (χ3n) is 7.20. The van der Waals surface area contributed by atoms with Crippen molar-refractivity contribution in [3.8, 4) is 0 Å². The lowest BCUT2D eigenvalue weighted by molar-refractivity contribution is -0.141. The van der Waals surface area contributed by atoms with Gasteiger partial charge < -0.3 is 10.2 Å². The second-order valence-electron chi connectivity index (χ2n) is 9.71. The number of halogens is 1. The number of hydrogen-bond donors (Lipinski definition) is 1. The monoisotopic (exact) mass is 502 g/mol. The third-order valence-corrected chi connectivity index (χ3v) is 7.57. The van der Waals surface area contributed by atoms with Crippen LogP contribution in [0.1, 0.15) is 68.1 Å². The molecule has 0 unspecified atom stereocenters. The van der Waals surface area contributed by atoms with Gasteiger partial charge in [0.1, 0.15) is 6.04 Å². The van der Waals surface area contributed by atoms with Gasteiger partial charge in [-0.15, -0.1) is 0 Å². The normalized spacial score (nSPS) is 14.9. The summed E-state index contributed by atoms with van der Waals surface area (Å²) >= 11 is 6.47. The van der Waals surface area contributed by atoms with Gasteiger partial charge in [0.15, 0.2) is 0 Å². The first-order chi connectivity index (χ1) is 17.5. The molecule has 0 bridgehead atoms. The van der Waals surface area contributed by atoms with Gasteiger partial charge in [-0.2, -0.15) is 0 Å². The molecule has 2 amide bonds. The molecule has 0 radical (unpaired) electrons. The predicted octanol–water partition coefficient (Wildman–Crippen LogP) is 6.73. The van der Waals surface area contributed by atoms with Gasteiger partial charge in [-0.1, -0.05) is 110 Å². The molecule has 1 N–H and O–H groups in total. The molecule has 188 valence electrons. The molecule has 4 nitrogen and oxygen atoms in total. The first-order valence-electron chi connectivity index (χ1n) is 13.0. The van der Waals surface area contributed by atoms with Crippen molar-refractivity contribution in [1.82, 2.24) is 10.2 Å². The molecular formula is C31H35ClN2O2. The molecule has 36 heavy (non-hydrogen) atoms. The lowest BCUT2D eigenvalue weighted by Gasteiger charge is -2.32. The summed E-state index contributed by atoms with van der Waals surface area (Å²) in [6, 6.07) is 27.3. The van der Waals surface area contributed by atoms with E-state index in [-0.39, 0.29) is 36.7 Å². The summed E-state index contributed by atoms with van der Waals surface area (Å²) in [5.74, 6) is -0.278. The minimum absolute atomic E-state index is 0.0704. The number of benzene rings is 3. The molecule has 1 atom stereocenters. The van der Waals surface area contributed by atoms with Crippen LogP contribution in [0.25, 0.3) is 0 Å². The SMILES string of the molecule is C[C@@H](C(=O)NC1CCCCC1)N(Cc1ccccc1Cl)C(=O)CC(c1ccccc1)c1ccccc1. The molecule has 1 aliphatic carbocycles. The molecule has 1 saturated carbocycles. The highest BCUT2D eigenvalue weighted by atomic mass is 35.5. The average molecular weight is 503 g/mol. The Kier molecular flexibility index (Phi) is 9.18. The van der Waals surface area contributed by atoms with Crippen molar-refractivity contribution in [2.24, 2.45) is 0 Å². The number of nitrogens with one attached hydrogen (secondary N) is 1. The zero-order valence-corrected chi connectivity index (χ0v) is 21.7. The lowest BCUT2D eigenvalue weighted by Crippen LogP contribution is -2.50. The van der Waals surface area contributed by atoms with E-state index in [0.29, 0.717) is 5.02 Å². The summed E-state index contributed by atoms with van der Waals surface area (Å²) < 4.78 is 0. The van der Waals surface area contributed by atoms with Gasteiger partial charge in [0, 0.05) is 29.9 Å². The molecule has 0 saturated heterocycles. The van der Waals surface area contributed by atoms with E-state index in [1.54, 1.807) is 4.90 Å². The van der Waals surface area contributed by atoms with Crippen LogP contribution in [0.5, 0.6) is 0 Å². The molecule has 5 heteroatoms. The van der Waals surface area contributed by atoms with Gasteiger partial charge in [-0.05, 0) is 42.5 Å². The van der Waals surface area contributed by atoms with Crippen LogP contribution >= 0.6 is 11.6 Å². The average Bonchev–Trinajstić information content (AvgIpc) is 2.92. The van der Waals surface area contributed by atoms with Gasteiger partial charge in [-0.3, -0.25) is 9.59 Å². The van der Waals surface area contributed by atoms with E-state index in [4.69, 9.17) is 11.6 Å². The largest absolute Gasteiger partial charge is 0.352 e. The van der Waals surface area contributed by atoms with Crippen molar-refractivity contribution in [3.05, 3.63) is 107 Å². The van der Waals surface area contributed by atoms with Crippen LogP contribution in [-0.4, -0.2) is 28.8 Å². The Hall–Kier alpha value is -3.11. The van der Waals surface area contributed by atoms with Crippen molar-refractivity contribution in [1.29, 1.82) is 0 Å². The Morgan fingerprint density at radius 3 is 2.00 bits per heavy atom. The standard InChI is InChI=1S/C31H35ClN2O2/c1-23(31(36)33-27-18-9-4-10-19-27)34(22-26-17-11-12-20-29(26)32)30(35)21-28(24-13-5-2-6-14-24)25-15-7-3-8-16-25/h2-3,5-8,11-17,20,23,27-28H,4,9-10,18-19,21-22H2,1H3,(H,33,36)/t23-/m0/s1. The van der Waals surface area contributed by atoms with Crippen molar-refractivity contribution in [2.45, 2.75) is 70.0 Å². The van der Waals surface area contributed by atoms with E-state index in [9.17, 15) is 9.59 Å². The summed E-state index contributed by atoms with van der Waals surface area (Å²) in [5, 5.41) is 3.80. The molecule has 0 spiro atoms. The van der Waals surface area contributed by atoms with Crippen molar-refractivity contribution >= 4 is 23.4 Å². The minimum Gasteiger partial charge on any atom is -0.352 e. The molecule has 0 aliphatic heterocycles. The molecule has 1 aliphatic rings. The van der Waals surface area contributed by atoms with Crippen LogP contribution in [-0.2, 0) is 16.1 Å². The maximum Gasteiger partial charge on any atom is 0.242 e. The first-order valence-corrected chi connectivity index (χ1v) is 13.3. The fourth-order valence-corrected chi connectivity index (χ4v) is 5.25. The fraction of sp³-hybridized carbons (Fsp3) is 0.355. The van der Waals surface area contributed by atoms with E-state index in [0.717, 1.165) is 42.4 Å². The summed E-state index contributed by atoms with van der Waals surface area (Å²) in [6.07, 6.45) is 5.76. The molecular weight excluding hydrogens is 468 g/mol. The third kappa shape index (κ3) is 6.76. The number of nitrogens with zero attached hydrogens (tertiary/aromatic N) is 1. The van der Waals surface area contributed by atoms with E-state index < -0.39 is 6.04 Å². The zero-order valence-electron chi connectivity index (χ0n) is 20.9. The number of rotatable bonds is 9. The molecule has 1 fully saturated rings. The van der Waals surface area contributed by atoms with Crippen LogP contribution in [0.2, 0.25) is 5.02 Å². The van der Waals surface area contributed by atoms with E-state index >= 15 is 0 Å². The second kappa shape index (κ2) is 12.7. The molecule has 4 rings (SSSR count). The highest BCUT2D eigenvalue weighted by molar-refractivity contribution is 6.31. The maximum atomic E-state index is 14.0. The Morgan fingerprint density at radius 1 is 0.861 bits per heavy atom. The first kappa shape index (κ1) is 26.0. The van der Waals surface area contributed by atoms with Crippen LogP contribution in [0, 0.1) is 0 Å². The van der Waals surface area contributed by atoms with E-state index in [1.807, 2.05) is 67.6 Å². The highest BCUT2D eigenvalue weighted by Gasteiger charge is 2.30. The topological polar surface area (TPSA) is 49.4 Å². The Balaban J connectivity index is 1.60. The Morgan fingerprint density at radius 2 is 1.42 bits per heavy atom. The number of hydrogen-bond acceptors (Lipinski definition) is 2. The molecule has 3 aromatic carbocycles. The van der Waals surface area contributed by atoms with Crippen molar-refractivity contribution in [3.63, 3.8) is 0 Å². The summed E-state index contributed by atoms with van der Waals surface area (Å²) in [6.45, 7) is 2.11. The number of amides is 2. The van der Waals surface area contributed by atoms with Crippen LogP contribution in [0.3, 0.4) is 0 Å². The predicted molar refractivity (Wildman–Crippen MR) is 146 cm³/mol. The quantitative estimate of drug-likeness (QED) is 0.352. The van der Waals surface area contributed by atoms with Gasteiger partial charge in [0.25, 0.3) is 0 Å². The lowest BCUT2D eigenvalue weighted by atomic mass is 9.88. The number of carbonyl (C=O) groups is 2. The van der Waals surface area contributed by atoms with Gasteiger partial charge in [0.2, 0.25) is 11.8 Å². The Bertz CT molecular complexity index is 1090. The van der Waals surface area contributed by atoms with E-state index in [2.05, 4.69) is 29.6 Å². The van der Waals surface area contributed by atoms with Crippen LogP contribution in [0.15, 0.2) is 84.9 Å². The summed E-state index contributed by atoms with van der Waals surface area (Å²) in [5.41, 5.74) is 2.99. The van der Waals surface area contributed by atoms with Gasteiger partial charge in [-0.25, -0.2) is 0 Å². The molecule has 3 aromatic rings. The van der Waals surface area contributed by atoms with Crippen LogP contribution in [0.4, 0.5) is 0 Å². The highest BCUT2D eigenvalue weighted by Crippen LogP contribution is 2.30. The number of carbonyl (C=O) groups excluding carboxylic acids is 2. The smallest absolute Gasteiger partial charge is 0.242 e. The van der Waals surface area contributed by atoms with Gasteiger partial charge >= 0.3 is 0 Å². The van der Waals surface area contributed by atoms with Crippen molar-refractivity contribution < 1.29 is 9.59 Å². The summed E-state index contributed by atoms with van der Waals surface area (Å²) in [7, 11) is 0. The van der Waals surface area contributed by atoms with E-state index in [1.165, 1.54) is 6.42 Å². The molecule has 0 aromatic heterocycles. The zero-order chi connectivity index (χ0) is 25.3. The Labute approximate surface area is 219 Å². The fourth-order valence-electron chi connectivity index (χ4n) is 5.05. The van der Waals surface area contributed by atoms with Gasteiger partial charge in [0.05, 0.1) is 0 Å². The second-order valence-corrected chi connectivity index (χ2v) is 10.1. The molecule has 0 heterocycles. The van der Waals surface area contributed by atoms with Crippen molar-refractivity contribution in [2.75, 3.05) is 0 Å². The maximum absolute atomic E-state index is 14.0.